The lowest BCUT2D eigenvalue weighted by Crippen LogP contribution is -2.52. The first-order valence-corrected chi connectivity index (χ1v) is 9.15. The van der Waals surface area contributed by atoms with Crippen molar-refractivity contribution in [3.63, 3.8) is 0 Å². The van der Waals surface area contributed by atoms with Crippen LogP contribution in [-0.2, 0) is 23.0 Å². The van der Waals surface area contributed by atoms with Crippen molar-refractivity contribution < 1.29 is 8.42 Å². The first-order chi connectivity index (χ1) is 10.5. The standard InChI is InChI=1S/C16H21N3O2S/c1-14-9-17-18(10-14)11-16-12-19(13-16)22(20,21)8-7-15-5-3-2-4-6-15/h2-6,9-10,16H,7-8,11-13H2,1H3. The van der Waals surface area contributed by atoms with Gasteiger partial charge in [0.1, 0.15) is 0 Å². The molecule has 1 fully saturated rings. The monoisotopic (exact) mass is 319 g/mol. The minimum absolute atomic E-state index is 0.185. The molecule has 1 saturated heterocycles. The second-order valence-corrected chi connectivity index (χ2v) is 8.06. The molecule has 1 aliphatic heterocycles. The van der Waals surface area contributed by atoms with Crippen LogP contribution in [0.4, 0.5) is 0 Å². The highest BCUT2D eigenvalue weighted by Crippen LogP contribution is 2.22. The van der Waals surface area contributed by atoms with Gasteiger partial charge in [0, 0.05) is 31.7 Å². The molecule has 22 heavy (non-hydrogen) atoms. The first-order valence-electron chi connectivity index (χ1n) is 7.54. The number of sulfonamides is 1. The lowest BCUT2D eigenvalue weighted by molar-refractivity contribution is 0.175. The van der Waals surface area contributed by atoms with Crippen molar-refractivity contribution >= 4 is 10.0 Å². The van der Waals surface area contributed by atoms with E-state index in [1.807, 2.05) is 54.3 Å². The van der Waals surface area contributed by atoms with Gasteiger partial charge in [-0.3, -0.25) is 4.68 Å². The highest BCUT2D eigenvalue weighted by atomic mass is 32.2. The molecule has 2 heterocycles. The Kier molecular flexibility index (Phi) is 4.31. The van der Waals surface area contributed by atoms with Gasteiger partial charge in [0.05, 0.1) is 11.9 Å². The molecule has 1 aromatic heterocycles. The minimum atomic E-state index is -3.14. The maximum Gasteiger partial charge on any atom is 0.214 e. The van der Waals surface area contributed by atoms with Crippen molar-refractivity contribution in [2.75, 3.05) is 18.8 Å². The molecule has 0 radical (unpaired) electrons. The first kappa shape index (κ1) is 15.2. The summed E-state index contributed by atoms with van der Waals surface area (Å²) in [5.74, 6) is 0.552. The Morgan fingerprint density at radius 3 is 2.59 bits per heavy atom. The molecular formula is C16H21N3O2S. The molecule has 1 aliphatic rings. The van der Waals surface area contributed by atoms with E-state index < -0.39 is 10.0 Å². The fraction of sp³-hybridized carbons (Fsp3) is 0.438. The van der Waals surface area contributed by atoms with Crippen molar-refractivity contribution in [3.05, 3.63) is 53.9 Å². The highest BCUT2D eigenvalue weighted by molar-refractivity contribution is 7.89. The van der Waals surface area contributed by atoms with E-state index in [0.717, 1.165) is 17.7 Å². The van der Waals surface area contributed by atoms with E-state index in [1.165, 1.54) is 0 Å². The topological polar surface area (TPSA) is 55.2 Å². The summed E-state index contributed by atoms with van der Waals surface area (Å²) in [7, 11) is -3.14. The number of hydrogen-bond donors (Lipinski definition) is 0. The molecular weight excluding hydrogens is 298 g/mol. The average Bonchev–Trinajstić information content (AvgIpc) is 2.87. The van der Waals surface area contributed by atoms with Gasteiger partial charge in [-0.1, -0.05) is 30.3 Å². The van der Waals surface area contributed by atoms with E-state index in [1.54, 1.807) is 4.31 Å². The van der Waals surface area contributed by atoms with Crippen LogP contribution in [0.2, 0.25) is 0 Å². The summed E-state index contributed by atoms with van der Waals surface area (Å²) >= 11 is 0. The van der Waals surface area contributed by atoms with Crippen LogP contribution in [0, 0.1) is 12.8 Å². The SMILES string of the molecule is Cc1cnn(CC2CN(S(=O)(=O)CCc3ccccc3)C2)c1. The van der Waals surface area contributed by atoms with Crippen LogP contribution in [0.25, 0.3) is 0 Å². The number of aromatic nitrogens is 2. The number of aryl methyl sites for hydroxylation is 2. The van der Waals surface area contributed by atoms with Crippen molar-refractivity contribution in [1.29, 1.82) is 0 Å². The molecule has 0 N–H and O–H groups in total. The van der Waals surface area contributed by atoms with Crippen LogP contribution in [-0.4, -0.2) is 41.3 Å². The van der Waals surface area contributed by atoms with Crippen molar-refractivity contribution in [1.82, 2.24) is 14.1 Å². The van der Waals surface area contributed by atoms with Crippen molar-refractivity contribution in [2.45, 2.75) is 19.9 Å². The molecule has 1 aromatic carbocycles. The summed E-state index contributed by atoms with van der Waals surface area (Å²) in [6.07, 6.45) is 4.39. The Bertz CT molecular complexity index is 719. The molecule has 2 aromatic rings. The van der Waals surface area contributed by atoms with Crippen LogP contribution in [0.5, 0.6) is 0 Å². The Morgan fingerprint density at radius 2 is 1.95 bits per heavy atom. The Labute approximate surface area is 131 Å². The van der Waals surface area contributed by atoms with E-state index in [4.69, 9.17) is 0 Å². The lowest BCUT2D eigenvalue weighted by atomic mass is 10.0. The summed E-state index contributed by atoms with van der Waals surface area (Å²) in [4.78, 5) is 0. The summed E-state index contributed by atoms with van der Waals surface area (Å²) < 4.78 is 28.1. The zero-order valence-corrected chi connectivity index (χ0v) is 13.5. The normalized spacial score (nSPS) is 16.6. The van der Waals surface area contributed by atoms with Gasteiger partial charge in [-0.25, -0.2) is 12.7 Å². The van der Waals surface area contributed by atoms with E-state index >= 15 is 0 Å². The van der Waals surface area contributed by atoms with Crippen LogP contribution < -0.4 is 0 Å². The van der Waals surface area contributed by atoms with Crippen molar-refractivity contribution in [3.8, 4) is 0 Å². The third kappa shape index (κ3) is 3.56. The Morgan fingerprint density at radius 1 is 1.23 bits per heavy atom. The zero-order chi connectivity index (χ0) is 15.6. The molecule has 0 unspecified atom stereocenters. The largest absolute Gasteiger partial charge is 0.272 e. The number of rotatable bonds is 6. The Hall–Kier alpha value is -1.66. The lowest BCUT2D eigenvalue weighted by Gasteiger charge is -2.38. The van der Waals surface area contributed by atoms with Gasteiger partial charge in [0.2, 0.25) is 10.0 Å². The predicted molar refractivity (Wildman–Crippen MR) is 86.0 cm³/mol. The summed E-state index contributed by atoms with van der Waals surface area (Å²) in [5, 5.41) is 4.25. The fourth-order valence-corrected chi connectivity index (χ4v) is 4.34. The molecule has 0 aliphatic carbocycles. The maximum atomic E-state index is 12.3. The molecule has 118 valence electrons. The summed E-state index contributed by atoms with van der Waals surface area (Å²) in [5.41, 5.74) is 2.20. The smallest absolute Gasteiger partial charge is 0.214 e. The van der Waals surface area contributed by atoms with Crippen LogP contribution in [0.3, 0.4) is 0 Å². The third-order valence-electron chi connectivity index (χ3n) is 4.02. The second kappa shape index (κ2) is 6.22. The maximum absolute atomic E-state index is 12.3. The van der Waals surface area contributed by atoms with Gasteiger partial charge in [-0.2, -0.15) is 5.10 Å². The fourth-order valence-electron chi connectivity index (χ4n) is 2.72. The molecule has 0 saturated carbocycles. The van der Waals surface area contributed by atoms with E-state index in [0.29, 0.717) is 25.4 Å². The summed E-state index contributed by atoms with van der Waals surface area (Å²) in [6, 6.07) is 9.75. The minimum Gasteiger partial charge on any atom is -0.272 e. The molecule has 0 amide bonds. The summed E-state index contributed by atoms with van der Waals surface area (Å²) in [6.45, 7) is 4.01. The molecule has 0 spiro atoms. The van der Waals surface area contributed by atoms with E-state index in [-0.39, 0.29) is 5.75 Å². The van der Waals surface area contributed by atoms with E-state index in [9.17, 15) is 8.42 Å². The van der Waals surface area contributed by atoms with Gasteiger partial charge >= 0.3 is 0 Å². The van der Waals surface area contributed by atoms with Gasteiger partial charge in [0.15, 0.2) is 0 Å². The van der Waals surface area contributed by atoms with Crippen LogP contribution >= 0.6 is 0 Å². The van der Waals surface area contributed by atoms with Gasteiger partial charge in [0.25, 0.3) is 0 Å². The van der Waals surface area contributed by atoms with Crippen molar-refractivity contribution in [2.24, 2.45) is 5.92 Å². The number of nitrogens with zero attached hydrogens (tertiary/aromatic N) is 3. The zero-order valence-electron chi connectivity index (χ0n) is 12.7. The number of benzene rings is 1. The van der Waals surface area contributed by atoms with E-state index in [2.05, 4.69) is 5.10 Å². The third-order valence-corrected chi connectivity index (χ3v) is 5.82. The predicted octanol–water partition coefficient (Wildman–Crippen LogP) is 1.70. The average molecular weight is 319 g/mol. The van der Waals surface area contributed by atoms with Gasteiger partial charge in [-0.05, 0) is 24.5 Å². The quantitative estimate of drug-likeness (QED) is 0.814. The Balaban J connectivity index is 1.48. The van der Waals surface area contributed by atoms with Crippen LogP contribution in [0.15, 0.2) is 42.7 Å². The van der Waals surface area contributed by atoms with Gasteiger partial charge in [-0.15, -0.1) is 0 Å². The molecule has 5 nitrogen and oxygen atoms in total. The highest BCUT2D eigenvalue weighted by Gasteiger charge is 2.35. The molecule has 0 atom stereocenters. The van der Waals surface area contributed by atoms with Gasteiger partial charge < -0.3 is 0 Å². The number of hydrogen-bond acceptors (Lipinski definition) is 3. The van der Waals surface area contributed by atoms with Crippen LogP contribution in [0.1, 0.15) is 11.1 Å². The molecule has 3 rings (SSSR count). The second-order valence-electron chi connectivity index (χ2n) is 5.97. The molecule has 0 bridgehead atoms. The molecule has 6 heteroatoms.